The topological polar surface area (TPSA) is 55.2 Å². The molecule has 0 bridgehead atoms. The van der Waals surface area contributed by atoms with Crippen LogP contribution in [0.2, 0.25) is 0 Å². The summed E-state index contributed by atoms with van der Waals surface area (Å²) in [5.41, 5.74) is 3.76. The Morgan fingerprint density at radius 3 is 2.23 bits per heavy atom. The minimum Gasteiger partial charge on any atom is -0.332 e. The lowest BCUT2D eigenvalue weighted by Crippen LogP contribution is -2.35. The molecule has 3 aromatic carbocycles. The van der Waals surface area contributed by atoms with Crippen molar-refractivity contribution in [2.45, 2.75) is 26.8 Å². The summed E-state index contributed by atoms with van der Waals surface area (Å²) in [5, 5.41) is 0.551. The predicted octanol–water partition coefficient (Wildman–Crippen LogP) is 4.84. The van der Waals surface area contributed by atoms with Crippen molar-refractivity contribution in [3.05, 3.63) is 106 Å². The van der Waals surface area contributed by atoms with E-state index in [1.807, 2.05) is 87.5 Å². The van der Waals surface area contributed by atoms with Crippen LogP contribution in [0.15, 0.2) is 77.6 Å². The van der Waals surface area contributed by atoms with Crippen LogP contribution in [0.5, 0.6) is 0 Å². The molecular weight excluding hydrogens is 386 g/mol. The van der Waals surface area contributed by atoms with E-state index in [1.54, 1.807) is 22.6 Å². The molecule has 1 heterocycles. The summed E-state index contributed by atoms with van der Waals surface area (Å²) in [6.07, 6.45) is 0. The van der Waals surface area contributed by atoms with E-state index < -0.39 is 6.04 Å². The fraction of sp³-hybridized carbons (Fsp3) is 0.192. The Labute approximate surface area is 181 Å². The zero-order valence-electron chi connectivity index (χ0n) is 18.2. The van der Waals surface area contributed by atoms with E-state index >= 15 is 0 Å². The Morgan fingerprint density at radius 2 is 1.52 bits per heavy atom. The number of hydrogen-bond acceptors (Lipinski definition) is 3. The van der Waals surface area contributed by atoms with E-state index in [0.29, 0.717) is 22.3 Å². The number of aromatic nitrogens is 2. The third-order valence-corrected chi connectivity index (χ3v) is 5.81. The molecule has 1 amide bonds. The van der Waals surface area contributed by atoms with Crippen molar-refractivity contribution in [1.29, 1.82) is 0 Å². The number of carbonyl (C=O) groups excluding carboxylic acids is 1. The van der Waals surface area contributed by atoms with Gasteiger partial charge in [0.1, 0.15) is 5.82 Å². The molecule has 5 heteroatoms. The molecule has 0 aliphatic rings. The summed E-state index contributed by atoms with van der Waals surface area (Å²) in [6.45, 7) is 5.79. The van der Waals surface area contributed by atoms with Gasteiger partial charge in [0.2, 0.25) is 0 Å². The average Bonchev–Trinajstić information content (AvgIpc) is 2.78. The highest BCUT2D eigenvalue weighted by molar-refractivity contribution is 5.95. The van der Waals surface area contributed by atoms with Gasteiger partial charge in [0, 0.05) is 12.6 Å². The predicted molar refractivity (Wildman–Crippen MR) is 124 cm³/mol. The van der Waals surface area contributed by atoms with E-state index in [2.05, 4.69) is 0 Å². The molecule has 0 aliphatic carbocycles. The summed E-state index contributed by atoms with van der Waals surface area (Å²) in [4.78, 5) is 33.3. The molecule has 156 valence electrons. The molecule has 31 heavy (non-hydrogen) atoms. The molecule has 0 aliphatic heterocycles. The summed E-state index contributed by atoms with van der Waals surface area (Å²) in [6, 6.07) is 22.1. The summed E-state index contributed by atoms with van der Waals surface area (Å²) < 4.78 is 1.64. The number of aryl methyl sites for hydroxylation is 2. The third-order valence-electron chi connectivity index (χ3n) is 5.81. The van der Waals surface area contributed by atoms with E-state index in [0.717, 1.165) is 16.8 Å². The maximum absolute atomic E-state index is 13.5. The minimum absolute atomic E-state index is 0.107. The second kappa shape index (κ2) is 8.19. The van der Waals surface area contributed by atoms with Gasteiger partial charge in [0.25, 0.3) is 11.5 Å². The first kappa shape index (κ1) is 20.5. The van der Waals surface area contributed by atoms with Crippen LogP contribution >= 0.6 is 0 Å². The normalized spacial score (nSPS) is 12.0. The fourth-order valence-corrected chi connectivity index (χ4v) is 3.83. The van der Waals surface area contributed by atoms with Crippen molar-refractivity contribution in [1.82, 2.24) is 14.5 Å². The standard InChI is InChI=1S/C26H25N3O2/c1-17-11-5-7-13-20(17)25(30)28(4)19(3)24-27-22-15-9-8-14-21(22)26(31)29(24)23-16-10-6-12-18(23)2/h5-16,19H,1-4H3. The summed E-state index contributed by atoms with van der Waals surface area (Å²) in [5.74, 6) is 0.423. The van der Waals surface area contributed by atoms with Gasteiger partial charge in [0.05, 0.1) is 22.6 Å². The largest absolute Gasteiger partial charge is 0.332 e. The van der Waals surface area contributed by atoms with Gasteiger partial charge in [0.15, 0.2) is 0 Å². The molecule has 1 aromatic heterocycles. The zero-order valence-corrected chi connectivity index (χ0v) is 18.2. The molecule has 4 aromatic rings. The average molecular weight is 412 g/mol. The number of amides is 1. The number of nitrogens with zero attached hydrogens (tertiary/aromatic N) is 3. The molecule has 1 atom stereocenters. The van der Waals surface area contributed by atoms with Crippen LogP contribution in [0, 0.1) is 13.8 Å². The maximum atomic E-state index is 13.5. The number of fused-ring (bicyclic) bond motifs is 1. The molecule has 0 N–H and O–H groups in total. The molecule has 0 radical (unpaired) electrons. The highest BCUT2D eigenvalue weighted by atomic mass is 16.2. The van der Waals surface area contributed by atoms with Crippen molar-refractivity contribution in [2.24, 2.45) is 0 Å². The fourth-order valence-electron chi connectivity index (χ4n) is 3.83. The van der Waals surface area contributed by atoms with Crippen molar-refractivity contribution >= 4 is 16.8 Å². The molecule has 5 nitrogen and oxygen atoms in total. The van der Waals surface area contributed by atoms with Crippen LogP contribution in [-0.2, 0) is 0 Å². The van der Waals surface area contributed by atoms with Crippen molar-refractivity contribution in [3.63, 3.8) is 0 Å². The van der Waals surface area contributed by atoms with E-state index in [-0.39, 0.29) is 11.5 Å². The van der Waals surface area contributed by atoms with Gasteiger partial charge in [-0.15, -0.1) is 0 Å². The van der Waals surface area contributed by atoms with Gasteiger partial charge in [-0.2, -0.15) is 0 Å². The van der Waals surface area contributed by atoms with E-state index in [1.165, 1.54) is 0 Å². The van der Waals surface area contributed by atoms with Crippen LogP contribution in [0.1, 0.15) is 40.3 Å². The lowest BCUT2D eigenvalue weighted by molar-refractivity contribution is 0.0734. The smallest absolute Gasteiger partial charge is 0.266 e. The minimum atomic E-state index is -0.427. The molecule has 0 fully saturated rings. The summed E-state index contributed by atoms with van der Waals surface area (Å²) >= 11 is 0. The number of para-hydroxylation sites is 2. The Bertz CT molecular complexity index is 1340. The number of carbonyl (C=O) groups is 1. The number of benzene rings is 3. The second-order valence-electron chi connectivity index (χ2n) is 7.82. The van der Waals surface area contributed by atoms with Crippen molar-refractivity contribution < 1.29 is 4.79 Å². The van der Waals surface area contributed by atoms with Crippen LogP contribution in [0.25, 0.3) is 16.6 Å². The molecule has 4 rings (SSSR count). The summed E-state index contributed by atoms with van der Waals surface area (Å²) in [7, 11) is 1.75. The van der Waals surface area contributed by atoms with Gasteiger partial charge in [-0.05, 0) is 56.2 Å². The van der Waals surface area contributed by atoms with Gasteiger partial charge < -0.3 is 4.90 Å². The quantitative estimate of drug-likeness (QED) is 0.483. The monoisotopic (exact) mass is 411 g/mol. The first-order valence-electron chi connectivity index (χ1n) is 10.3. The number of hydrogen-bond donors (Lipinski definition) is 0. The van der Waals surface area contributed by atoms with E-state index in [4.69, 9.17) is 4.98 Å². The molecular formula is C26H25N3O2. The Morgan fingerprint density at radius 1 is 0.903 bits per heavy atom. The zero-order chi connectivity index (χ0) is 22.1. The van der Waals surface area contributed by atoms with Crippen molar-refractivity contribution in [3.8, 4) is 5.69 Å². The first-order chi connectivity index (χ1) is 14.9. The SMILES string of the molecule is Cc1ccccc1C(=O)N(C)C(C)c1nc2ccccc2c(=O)n1-c1ccccc1C. The Balaban J connectivity index is 1.91. The van der Waals surface area contributed by atoms with Crippen LogP contribution in [0.4, 0.5) is 0 Å². The lowest BCUT2D eigenvalue weighted by atomic mass is 10.1. The van der Waals surface area contributed by atoms with Gasteiger partial charge >= 0.3 is 0 Å². The van der Waals surface area contributed by atoms with Crippen LogP contribution in [0.3, 0.4) is 0 Å². The van der Waals surface area contributed by atoms with Crippen LogP contribution in [-0.4, -0.2) is 27.4 Å². The highest BCUT2D eigenvalue weighted by Gasteiger charge is 2.25. The second-order valence-corrected chi connectivity index (χ2v) is 7.82. The molecule has 0 saturated carbocycles. The van der Waals surface area contributed by atoms with Crippen LogP contribution < -0.4 is 5.56 Å². The number of rotatable bonds is 4. The van der Waals surface area contributed by atoms with Gasteiger partial charge in [-0.25, -0.2) is 4.98 Å². The first-order valence-corrected chi connectivity index (χ1v) is 10.3. The third kappa shape index (κ3) is 3.63. The van der Waals surface area contributed by atoms with E-state index in [9.17, 15) is 9.59 Å². The van der Waals surface area contributed by atoms with Crippen molar-refractivity contribution in [2.75, 3.05) is 7.05 Å². The van der Waals surface area contributed by atoms with Gasteiger partial charge in [-0.3, -0.25) is 14.2 Å². The lowest BCUT2D eigenvalue weighted by Gasteiger charge is -2.28. The molecule has 1 unspecified atom stereocenters. The molecule has 0 spiro atoms. The Hall–Kier alpha value is -3.73. The highest BCUT2D eigenvalue weighted by Crippen LogP contribution is 2.25. The van der Waals surface area contributed by atoms with Gasteiger partial charge in [-0.1, -0.05) is 48.5 Å². The maximum Gasteiger partial charge on any atom is 0.266 e. The molecule has 0 saturated heterocycles. The Kier molecular flexibility index (Phi) is 5.42.